The van der Waals surface area contributed by atoms with Crippen LogP contribution in [0.5, 0.6) is 0 Å². The van der Waals surface area contributed by atoms with Crippen LogP contribution in [0.25, 0.3) is 24.2 Å². The van der Waals surface area contributed by atoms with E-state index in [1.54, 1.807) is 24.7 Å². The third-order valence-electron chi connectivity index (χ3n) is 22.5. The Kier molecular flexibility index (Phi) is 28.2. The van der Waals surface area contributed by atoms with Crippen molar-refractivity contribution in [3.8, 4) is 6.07 Å². The molecule has 18 rings (SSSR count). The lowest BCUT2D eigenvalue weighted by atomic mass is 9.64. The smallest absolute Gasteiger partial charge is 0.427 e. The van der Waals surface area contributed by atoms with E-state index in [-0.39, 0.29) is 6.92 Å². The van der Waals surface area contributed by atoms with Crippen LogP contribution in [0.1, 0.15) is 72.6 Å². The van der Waals surface area contributed by atoms with Crippen LogP contribution in [0.3, 0.4) is 0 Å². The summed E-state index contributed by atoms with van der Waals surface area (Å²) in [4.78, 5) is 50.8. The second-order valence-corrected chi connectivity index (χ2v) is 30.7. The average Bonchev–Trinajstić information content (AvgIpc) is 1.59. The van der Waals surface area contributed by atoms with Crippen LogP contribution in [0.2, 0.25) is 6.82 Å². The molecule has 0 amide bonds. The highest BCUT2D eigenvalue weighted by atomic mass is 16.5. The van der Waals surface area contributed by atoms with E-state index in [9.17, 15) is 30.4 Å². The first-order valence-corrected chi connectivity index (χ1v) is 40.1. The van der Waals surface area contributed by atoms with Gasteiger partial charge in [0.2, 0.25) is 23.0 Å². The van der Waals surface area contributed by atoms with Gasteiger partial charge >= 0.3 is 42.5 Å². The van der Waals surface area contributed by atoms with Crippen LogP contribution in [0.4, 0.5) is 97.3 Å². The maximum atomic E-state index is 9.67. The molecule has 0 saturated carbocycles. The van der Waals surface area contributed by atoms with E-state index < -0.39 is 35.6 Å². The highest BCUT2D eigenvalue weighted by molar-refractivity contribution is 6.67. The maximum absolute atomic E-state index is 9.67. The number of aromatic nitrogens is 5. The first kappa shape index (κ1) is 89.7. The van der Waals surface area contributed by atoms with Crippen molar-refractivity contribution >= 4 is 173 Å². The number of benzene rings is 8. The summed E-state index contributed by atoms with van der Waals surface area (Å²) < 4.78 is 31.7. The Morgan fingerprint density at radius 1 is 0.349 bits per heavy atom. The molecule has 8 aromatic carbocycles. The van der Waals surface area contributed by atoms with Crippen LogP contribution in [-0.4, -0.2) is 135 Å². The van der Waals surface area contributed by atoms with Gasteiger partial charge in [0, 0.05) is 118 Å². The van der Waals surface area contributed by atoms with Gasteiger partial charge in [-0.2, -0.15) is 5.26 Å². The van der Waals surface area contributed by atoms with E-state index in [1.165, 1.54) is 11.0 Å². The van der Waals surface area contributed by atoms with E-state index in [2.05, 4.69) is 84.0 Å². The highest BCUT2D eigenvalue weighted by Gasteiger charge is 2.33. The minimum absolute atomic E-state index is 0.163. The fraction of sp³-hybridized carbons (Fsp3) is 0.207. The van der Waals surface area contributed by atoms with Gasteiger partial charge < -0.3 is 82.4 Å². The number of fused-ring (bicyclic) bond motifs is 6. The van der Waals surface area contributed by atoms with E-state index in [0.717, 1.165) is 140 Å². The van der Waals surface area contributed by atoms with Crippen molar-refractivity contribution in [2.75, 3.05) is 71.7 Å². The summed E-state index contributed by atoms with van der Waals surface area (Å²) in [6.07, 6.45) is 4.74. The molecule has 10 heterocycles. The van der Waals surface area contributed by atoms with Crippen LogP contribution in [0, 0.1) is 85.7 Å². The molecule has 0 aliphatic carbocycles. The Morgan fingerprint density at radius 2 is 0.722 bits per heavy atom. The maximum Gasteiger partial charge on any atom is 0.491 e. The molecule has 624 valence electrons. The summed E-state index contributed by atoms with van der Waals surface area (Å²) in [5.41, 5.74) is 28.5. The molecule has 5 N–H and O–H groups in total. The number of pyridine rings is 3. The summed E-state index contributed by atoms with van der Waals surface area (Å²) >= 11 is 0. The van der Waals surface area contributed by atoms with E-state index in [4.69, 9.17) is 60.8 Å². The number of nitriles is 1. The van der Waals surface area contributed by atoms with Gasteiger partial charge in [0.25, 0.3) is 0 Å². The molecular weight excluding hydrogens is 1580 g/mol. The topological polar surface area (TPSA) is 286 Å². The molecule has 12 aromatic rings. The Balaban J connectivity index is 0.000000130. The van der Waals surface area contributed by atoms with Gasteiger partial charge in [0.1, 0.15) is 17.7 Å². The lowest BCUT2D eigenvalue weighted by Crippen LogP contribution is -2.28. The zero-order valence-electron chi connectivity index (χ0n) is 71.9. The van der Waals surface area contributed by atoms with Crippen LogP contribution in [0.15, 0.2) is 188 Å². The molecule has 6 aliphatic rings. The molecule has 4 aromatic heterocycles. The number of nitrogens with zero attached hydrogens (tertiary/aromatic N) is 17. The molecule has 34 heteroatoms. The normalized spacial score (nSPS) is 13.0. The first-order valence-electron chi connectivity index (χ1n) is 40.1. The van der Waals surface area contributed by atoms with Crippen molar-refractivity contribution in [1.29, 1.82) is 5.26 Å². The molecule has 0 atom stereocenters. The summed E-state index contributed by atoms with van der Waals surface area (Å²) in [7, 11) is 7.54. The number of hydrogen-bond donors (Lipinski definition) is 5. The van der Waals surface area contributed by atoms with Gasteiger partial charge in [-0.15, -0.1) is 0 Å². The number of rotatable bonds is 12. The third kappa shape index (κ3) is 19.9. The van der Waals surface area contributed by atoms with E-state index >= 15 is 0 Å². The third-order valence-corrected chi connectivity index (χ3v) is 22.5. The zero-order valence-corrected chi connectivity index (χ0v) is 71.9. The van der Waals surface area contributed by atoms with Crippen molar-refractivity contribution in [3.63, 3.8) is 0 Å². The molecule has 0 spiro atoms. The van der Waals surface area contributed by atoms with Gasteiger partial charge in [-0.1, -0.05) is 67.5 Å². The lowest BCUT2D eigenvalue weighted by molar-refractivity contribution is 0.275. The molecule has 126 heavy (non-hydrogen) atoms. The minimum Gasteiger partial charge on any atom is -0.427 e. The largest absolute Gasteiger partial charge is 0.491 e. The van der Waals surface area contributed by atoms with Gasteiger partial charge in [0.15, 0.2) is 17.2 Å². The van der Waals surface area contributed by atoms with Crippen LogP contribution in [-0.2, 0) is 67.6 Å². The summed E-state index contributed by atoms with van der Waals surface area (Å²) in [5.74, 6) is 2.80. The quantitative estimate of drug-likeness (QED) is 0.0561. The Bertz CT molecular complexity index is 5990. The van der Waals surface area contributed by atoms with Crippen LogP contribution < -0.4 is 62.2 Å². The minimum atomic E-state index is -0.842. The Morgan fingerprint density at radius 3 is 1.11 bits per heavy atom. The molecule has 0 unspecified atom stereocenters. The second kappa shape index (κ2) is 39.7. The predicted molar refractivity (Wildman–Crippen MR) is 497 cm³/mol. The van der Waals surface area contributed by atoms with E-state index in [1.807, 2.05) is 255 Å². The summed E-state index contributed by atoms with van der Waals surface area (Å²) in [6.45, 7) is 51.8. The van der Waals surface area contributed by atoms with Crippen molar-refractivity contribution < 1.29 is 53.0 Å². The van der Waals surface area contributed by atoms with Crippen molar-refractivity contribution in [2.24, 2.45) is 0 Å². The zero-order chi connectivity index (χ0) is 89.9. The lowest BCUT2D eigenvalue weighted by Gasteiger charge is -2.22. The number of anilines is 12. The monoisotopic (exact) mass is 1670 g/mol. The Labute approximate surface area is 735 Å². The molecular formula is C92H87B6N17O11. The highest BCUT2D eigenvalue weighted by Crippen LogP contribution is 2.36. The standard InChI is InChI=1S/2C16H15BN2O2.C15H15BN4O.3C15H14BN3O2/c2*1-11-8-13(18-2)4-7-16(11)19(3)14-5-6-15-12(9-14)10-21-17(15)20;1-10-14(17-3)8-18-15(19-10)20(4)12-5-6-13-11(7-12)9-21-16(13)2;1-10-6-12(17-2)8-18-15(10)19(3)13-4-5-14-11(7-13)9-21-16(14)20;1-10-6-15(18-8-14(10)17-2)19(3)12-4-5-13-11(7-12)9-21-16(13)20;1-10-3-4-11(8-17)15(18-10)19(2)13-5-6-14-12(7-13)9-21-16(14)20/h2*4-9,20H,10H2,1,3H3;5-8H,9H2,1-2,4H3;2*4-8,20H,9H2,1,3H3;3-7,20H,9H2,1-2H3. The van der Waals surface area contributed by atoms with Crippen molar-refractivity contribution in [1.82, 2.24) is 24.9 Å². The van der Waals surface area contributed by atoms with Crippen molar-refractivity contribution in [3.05, 3.63) is 318 Å². The first-order chi connectivity index (χ1) is 60.6. The molecule has 0 saturated heterocycles. The predicted octanol–water partition coefficient (Wildman–Crippen LogP) is 12.6. The fourth-order valence-corrected chi connectivity index (χ4v) is 15.1. The van der Waals surface area contributed by atoms with Gasteiger partial charge in [-0.25, -0.2) is 39.2 Å². The average molecular weight is 1670 g/mol. The number of aryl methyl sites for hydroxylation is 6. The van der Waals surface area contributed by atoms with E-state index in [0.29, 0.717) is 91.1 Å². The van der Waals surface area contributed by atoms with Gasteiger partial charge in [-0.3, -0.25) is 9.97 Å². The number of hydrogen-bond acceptors (Lipinski definition) is 23. The summed E-state index contributed by atoms with van der Waals surface area (Å²) in [5, 5.41) is 57.5. The SMILES string of the molecule is Cc1ccc(C#N)c(N(C)c2ccc3c(c2)COB3O)n1.[C-]#[N+]c1ccc(N(C)c2ccc3c(c2)COB3O)c(C)c1.[C-]#[N+]c1ccc(N(C)c2ccc3c(c2)COB3O)c(C)c1.[C-]#[N+]c1cnc(N(C)c2ccc3c(c2)COB3C)nc1C.[C-]#[N+]c1cnc(N(C)c2ccc3c(c2)COB3O)c(C)c1.[C-]#[N+]c1cnc(N(C)c2ccc3c(c2)COB3O)cc1C. The van der Waals surface area contributed by atoms with Crippen molar-refractivity contribution in [2.45, 2.75) is 88.0 Å². The van der Waals surface area contributed by atoms with Gasteiger partial charge in [0.05, 0.1) is 78.1 Å². The molecule has 6 aliphatic heterocycles. The second-order valence-electron chi connectivity index (χ2n) is 30.7. The Hall–Kier alpha value is -14.0. The molecule has 28 nitrogen and oxygen atoms in total. The molecule has 0 fully saturated rings. The molecule has 0 radical (unpaired) electrons. The van der Waals surface area contributed by atoms with Crippen LogP contribution >= 0.6 is 0 Å². The molecule has 0 bridgehead atoms. The fourth-order valence-electron chi connectivity index (χ4n) is 15.1. The van der Waals surface area contributed by atoms with Gasteiger partial charge in [-0.05, 0) is 239 Å². The summed E-state index contributed by atoms with van der Waals surface area (Å²) in [6, 6.07) is 56.2.